The number of amides is 3. The summed E-state index contributed by atoms with van der Waals surface area (Å²) < 4.78 is 27.2. The van der Waals surface area contributed by atoms with Crippen LogP contribution in [-0.2, 0) is 14.4 Å². The van der Waals surface area contributed by atoms with Gasteiger partial charge in [-0.1, -0.05) is 18.2 Å². The normalized spacial score (nSPS) is 13.5. The van der Waals surface area contributed by atoms with Gasteiger partial charge in [0.05, 0.1) is 11.3 Å². The van der Waals surface area contributed by atoms with E-state index in [1.165, 1.54) is 13.0 Å². The van der Waals surface area contributed by atoms with Gasteiger partial charge in [-0.2, -0.15) is 0 Å². The summed E-state index contributed by atoms with van der Waals surface area (Å²) >= 11 is 0. The van der Waals surface area contributed by atoms with Crippen LogP contribution in [0.5, 0.6) is 0 Å². The Hall–Kier alpha value is -4.33. The number of rotatable bonds is 5. The van der Waals surface area contributed by atoms with E-state index in [4.69, 9.17) is 0 Å². The minimum absolute atomic E-state index is 0.0672. The molecular weight excluding hydrogens is 440 g/mol. The summed E-state index contributed by atoms with van der Waals surface area (Å²) in [7, 11) is 0. The van der Waals surface area contributed by atoms with E-state index in [2.05, 4.69) is 10.6 Å². The number of carbonyl (C=O) groups excluding carboxylic acids is 3. The first-order chi connectivity index (χ1) is 16.1. The second-order valence-corrected chi connectivity index (χ2v) is 8.05. The molecule has 4 rings (SSSR count). The third-order valence-electron chi connectivity index (χ3n) is 5.23. The summed E-state index contributed by atoms with van der Waals surface area (Å²) in [4.78, 5) is 39.4. The number of hydrogen-bond donors (Lipinski definition) is 2. The topological polar surface area (TPSA) is 78.5 Å². The average molecular weight is 461 g/mol. The molecular formula is C26H21F2N3O3. The zero-order valence-electron chi connectivity index (χ0n) is 18.7. The van der Waals surface area contributed by atoms with Crippen molar-refractivity contribution in [1.82, 2.24) is 0 Å². The molecule has 1 aliphatic rings. The third-order valence-corrected chi connectivity index (χ3v) is 5.23. The molecule has 0 aromatic heterocycles. The Kier molecular flexibility index (Phi) is 5.98. The number of carbonyl (C=O) groups is 3. The molecule has 0 aliphatic carbocycles. The molecule has 3 aromatic carbocycles. The number of anilines is 3. The molecule has 34 heavy (non-hydrogen) atoms. The number of hydrogen-bond acceptors (Lipinski definition) is 4. The smallest absolute Gasteiger partial charge is 0.282 e. The van der Waals surface area contributed by atoms with Gasteiger partial charge < -0.3 is 10.6 Å². The van der Waals surface area contributed by atoms with Gasteiger partial charge in [0.1, 0.15) is 5.70 Å². The Balaban J connectivity index is 1.81. The monoisotopic (exact) mass is 461 g/mol. The molecule has 0 unspecified atom stereocenters. The largest absolute Gasteiger partial charge is 0.350 e. The van der Waals surface area contributed by atoms with Crippen molar-refractivity contribution in [2.75, 3.05) is 15.5 Å². The van der Waals surface area contributed by atoms with E-state index < -0.39 is 23.4 Å². The number of aryl methyl sites for hydroxylation is 2. The van der Waals surface area contributed by atoms with Crippen LogP contribution < -0.4 is 15.5 Å². The van der Waals surface area contributed by atoms with E-state index in [0.717, 1.165) is 28.2 Å². The van der Waals surface area contributed by atoms with Crippen molar-refractivity contribution in [2.24, 2.45) is 0 Å². The second kappa shape index (κ2) is 8.90. The predicted molar refractivity (Wildman–Crippen MR) is 126 cm³/mol. The molecule has 0 saturated carbocycles. The number of imide groups is 1. The summed E-state index contributed by atoms with van der Waals surface area (Å²) in [5, 5.41) is 5.45. The van der Waals surface area contributed by atoms with Crippen molar-refractivity contribution < 1.29 is 23.2 Å². The molecule has 0 spiro atoms. The summed E-state index contributed by atoms with van der Waals surface area (Å²) in [5.74, 6) is -3.55. The highest BCUT2D eigenvalue weighted by atomic mass is 19.2. The van der Waals surface area contributed by atoms with Crippen LogP contribution in [-0.4, -0.2) is 17.7 Å². The molecule has 0 fully saturated rings. The van der Waals surface area contributed by atoms with E-state index in [1.54, 1.807) is 36.4 Å². The maximum Gasteiger partial charge on any atom is 0.282 e. The van der Waals surface area contributed by atoms with Gasteiger partial charge in [0, 0.05) is 24.4 Å². The first kappa shape index (κ1) is 22.8. The van der Waals surface area contributed by atoms with E-state index in [9.17, 15) is 23.2 Å². The van der Waals surface area contributed by atoms with Crippen molar-refractivity contribution in [3.05, 3.63) is 94.7 Å². The number of benzene rings is 3. The lowest BCUT2D eigenvalue weighted by molar-refractivity contribution is -0.120. The zero-order valence-corrected chi connectivity index (χ0v) is 18.7. The van der Waals surface area contributed by atoms with Gasteiger partial charge in [-0.05, 0) is 66.9 Å². The highest BCUT2D eigenvalue weighted by Gasteiger charge is 2.40. The fraction of sp³-hybridized carbons (Fsp3) is 0.115. The molecule has 0 radical (unpaired) electrons. The highest BCUT2D eigenvalue weighted by molar-refractivity contribution is 6.46. The van der Waals surface area contributed by atoms with Crippen LogP contribution >= 0.6 is 0 Å². The van der Waals surface area contributed by atoms with E-state index >= 15 is 0 Å². The molecule has 1 aliphatic heterocycles. The predicted octanol–water partition coefficient (Wildman–Crippen LogP) is 4.94. The molecule has 0 saturated heterocycles. The standard InChI is InChI=1S/C26H21F2N3O3/c1-14-10-15(2)12-20(11-14)31-25(33)23(17-4-6-18(7-5-17)29-16(3)32)24(26(31)34)30-19-8-9-21(27)22(28)13-19/h4-13,30H,1-3H3,(H,29,32). The van der Waals surface area contributed by atoms with Crippen LogP contribution in [0.1, 0.15) is 23.6 Å². The van der Waals surface area contributed by atoms with Crippen LogP contribution in [0.3, 0.4) is 0 Å². The fourth-order valence-corrected chi connectivity index (χ4v) is 3.87. The Morgan fingerprint density at radius 3 is 2.00 bits per heavy atom. The fourth-order valence-electron chi connectivity index (χ4n) is 3.87. The minimum atomic E-state index is -1.09. The quantitative estimate of drug-likeness (QED) is 0.528. The van der Waals surface area contributed by atoms with Gasteiger partial charge in [-0.3, -0.25) is 14.4 Å². The van der Waals surface area contributed by atoms with Crippen LogP contribution in [0.4, 0.5) is 25.8 Å². The molecule has 172 valence electrons. The summed E-state index contributed by atoms with van der Waals surface area (Å²) in [5.41, 5.74) is 3.22. The lowest BCUT2D eigenvalue weighted by atomic mass is 10.0. The minimum Gasteiger partial charge on any atom is -0.350 e. The Morgan fingerprint density at radius 1 is 0.794 bits per heavy atom. The SMILES string of the molecule is CC(=O)Nc1ccc(C2=C(Nc3ccc(F)c(F)c3)C(=O)N(c3cc(C)cc(C)c3)C2=O)cc1. The van der Waals surface area contributed by atoms with Gasteiger partial charge in [-0.25, -0.2) is 13.7 Å². The summed E-state index contributed by atoms with van der Waals surface area (Å²) in [6.07, 6.45) is 0. The maximum atomic E-state index is 13.8. The van der Waals surface area contributed by atoms with Gasteiger partial charge in [0.25, 0.3) is 11.8 Å². The molecule has 3 amide bonds. The van der Waals surface area contributed by atoms with Crippen LogP contribution in [0, 0.1) is 25.5 Å². The van der Waals surface area contributed by atoms with Gasteiger partial charge in [0.2, 0.25) is 5.91 Å². The lowest BCUT2D eigenvalue weighted by Gasteiger charge is -2.17. The van der Waals surface area contributed by atoms with Gasteiger partial charge in [0.15, 0.2) is 11.6 Å². The molecule has 2 N–H and O–H groups in total. The summed E-state index contributed by atoms with van der Waals surface area (Å²) in [6, 6.07) is 14.9. The number of nitrogens with zero attached hydrogens (tertiary/aromatic N) is 1. The van der Waals surface area contributed by atoms with Crippen molar-refractivity contribution >= 4 is 40.4 Å². The number of nitrogens with one attached hydrogen (secondary N) is 2. The van der Waals surface area contributed by atoms with Crippen LogP contribution in [0.15, 0.2) is 66.4 Å². The highest BCUT2D eigenvalue weighted by Crippen LogP contribution is 2.35. The molecule has 8 heteroatoms. The van der Waals surface area contributed by atoms with Crippen LogP contribution in [0.2, 0.25) is 0 Å². The van der Waals surface area contributed by atoms with Crippen molar-refractivity contribution in [3.8, 4) is 0 Å². The van der Waals surface area contributed by atoms with Crippen LogP contribution in [0.25, 0.3) is 5.57 Å². The van der Waals surface area contributed by atoms with Crippen molar-refractivity contribution in [2.45, 2.75) is 20.8 Å². The molecule has 3 aromatic rings. The zero-order chi connectivity index (χ0) is 24.6. The van der Waals surface area contributed by atoms with Gasteiger partial charge in [-0.15, -0.1) is 0 Å². The van der Waals surface area contributed by atoms with E-state index in [-0.39, 0.29) is 22.9 Å². The molecule has 0 bridgehead atoms. The maximum absolute atomic E-state index is 13.8. The summed E-state index contributed by atoms with van der Waals surface area (Å²) in [6.45, 7) is 5.09. The lowest BCUT2D eigenvalue weighted by Crippen LogP contribution is -2.32. The van der Waals surface area contributed by atoms with Crippen molar-refractivity contribution in [3.63, 3.8) is 0 Å². The van der Waals surface area contributed by atoms with E-state index in [1.807, 2.05) is 19.9 Å². The first-order valence-corrected chi connectivity index (χ1v) is 10.5. The Bertz CT molecular complexity index is 1340. The molecule has 6 nitrogen and oxygen atoms in total. The second-order valence-electron chi connectivity index (χ2n) is 8.05. The van der Waals surface area contributed by atoms with Crippen molar-refractivity contribution in [1.29, 1.82) is 0 Å². The first-order valence-electron chi connectivity index (χ1n) is 10.5. The molecule has 1 heterocycles. The Labute approximate surface area is 194 Å². The molecule has 0 atom stereocenters. The number of halogens is 2. The Morgan fingerprint density at radius 2 is 1.41 bits per heavy atom. The van der Waals surface area contributed by atoms with E-state index in [0.29, 0.717) is 16.9 Å². The van der Waals surface area contributed by atoms with Gasteiger partial charge >= 0.3 is 0 Å². The third kappa shape index (κ3) is 4.43. The average Bonchev–Trinajstić information content (AvgIpc) is 3.00.